The molecule has 1 N–H and O–H groups in total. The van der Waals surface area contributed by atoms with Crippen LogP contribution in [0.15, 0.2) is 12.1 Å². The molecule has 1 rings (SSSR count). The molecule has 0 saturated carbocycles. The van der Waals surface area contributed by atoms with Crippen molar-refractivity contribution < 1.29 is 9.90 Å². The van der Waals surface area contributed by atoms with Crippen LogP contribution in [-0.2, 0) is 4.79 Å². The van der Waals surface area contributed by atoms with Crippen LogP contribution in [0, 0.1) is 26.7 Å². The normalized spacial score (nSPS) is 12.3. The summed E-state index contributed by atoms with van der Waals surface area (Å²) in [5.74, 6) is -1.09. The van der Waals surface area contributed by atoms with Crippen LogP contribution in [0.4, 0.5) is 5.69 Å². The maximum absolute atomic E-state index is 11.1. The van der Waals surface area contributed by atoms with Crippen molar-refractivity contribution in [2.75, 3.05) is 18.0 Å². The molecule has 0 saturated heterocycles. The smallest absolute Gasteiger partial charge is 0.308 e. The average molecular weight is 263 g/mol. The second kappa shape index (κ2) is 6.60. The van der Waals surface area contributed by atoms with Gasteiger partial charge in [0.25, 0.3) is 0 Å². The first-order valence-corrected chi connectivity index (χ1v) is 6.92. The average Bonchev–Trinajstić information content (AvgIpc) is 2.27. The largest absolute Gasteiger partial charge is 0.481 e. The van der Waals surface area contributed by atoms with Crippen molar-refractivity contribution in [3.05, 3.63) is 28.8 Å². The molecule has 19 heavy (non-hydrogen) atoms. The van der Waals surface area contributed by atoms with Crippen LogP contribution in [0.2, 0.25) is 0 Å². The Hall–Kier alpha value is -1.51. The number of hydrogen-bond donors (Lipinski definition) is 1. The molecule has 0 heterocycles. The molecule has 0 radical (unpaired) electrons. The Kier molecular flexibility index (Phi) is 5.40. The zero-order valence-corrected chi connectivity index (χ0v) is 12.7. The summed E-state index contributed by atoms with van der Waals surface area (Å²) in [7, 11) is 0. The van der Waals surface area contributed by atoms with Crippen molar-refractivity contribution in [1.82, 2.24) is 0 Å². The lowest BCUT2D eigenvalue weighted by Gasteiger charge is -2.29. The molecule has 0 bridgehead atoms. The fraction of sp³-hybridized carbons (Fsp3) is 0.562. The minimum Gasteiger partial charge on any atom is -0.481 e. The number of anilines is 1. The monoisotopic (exact) mass is 263 g/mol. The summed E-state index contributed by atoms with van der Waals surface area (Å²) in [5.41, 5.74) is 4.90. The van der Waals surface area contributed by atoms with Gasteiger partial charge >= 0.3 is 5.97 Å². The molecule has 1 atom stereocenters. The van der Waals surface area contributed by atoms with Crippen LogP contribution in [0.25, 0.3) is 0 Å². The summed E-state index contributed by atoms with van der Waals surface area (Å²) in [6.07, 6.45) is 1.01. The molecule has 106 valence electrons. The first kappa shape index (κ1) is 15.5. The van der Waals surface area contributed by atoms with E-state index in [1.54, 1.807) is 6.92 Å². The number of aliphatic carboxylic acids is 1. The predicted octanol–water partition coefficient (Wildman–Crippen LogP) is 3.55. The van der Waals surface area contributed by atoms with Crippen molar-refractivity contribution in [1.29, 1.82) is 0 Å². The predicted molar refractivity (Wildman–Crippen MR) is 80.0 cm³/mol. The van der Waals surface area contributed by atoms with Gasteiger partial charge in [-0.3, -0.25) is 4.79 Å². The molecule has 0 aromatic heterocycles. The lowest BCUT2D eigenvalue weighted by Crippen LogP contribution is -2.33. The Balaban J connectivity index is 3.08. The summed E-state index contributed by atoms with van der Waals surface area (Å²) in [4.78, 5) is 13.3. The van der Waals surface area contributed by atoms with Gasteiger partial charge in [0, 0.05) is 18.8 Å². The molecule has 0 spiro atoms. The fourth-order valence-electron chi connectivity index (χ4n) is 2.64. The van der Waals surface area contributed by atoms with Crippen molar-refractivity contribution in [3.63, 3.8) is 0 Å². The van der Waals surface area contributed by atoms with E-state index in [2.05, 4.69) is 44.7 Å². The highest BCUT2D eigenvalue weighted by Gasteiger charge is 2.18. The quantitative estimate of drug-likeness (QED) is 0.853. The van der Waals surface area contributed by atoms with Crippen molar-refractivity contribution in [2.24, 2.45) is 5.92 Å². The molecule has 0 aliphatic heterocycles. The topological polar surface area (TPSA) is 40.5 Å². The van der Waals surface area contributed by atoms with E-state index in [4.69, 9.17) is 5.11 Å². The van der Waals surface area contributed by atoms with Gasteiger partial charge in [-0.25, -0.2) is 0 Å². The van der Waals surface area contributed by atoms with E-state index in [0.717, 1.165) is 13.0 Å². The van der Waals surface area contributed by atoms with E-state index >= 15 is 0 Å². The molecule has 0 amide bonds. The minimum absolute atomic E-state index is 0.355. The molecule has 3 nitrogen and oxygen atoms in total. The van der Waals surface area contributed by atoms with E-state index in [1.807, 2.05) is 0 Å². The Morgan fingerprint density at radius 3 is 2.21 bits per heavy atom. The molecule has 0 aliphatic carbocycles. The summed E-state index contributed by atoms with van der Waals surface area (Å²) in [6, 6.07) is 4.33. The number of carboxylic acid groups (broad SMARTS) is 1. The molecule has 1 unspecified atom stereocenters. The Morgan fingerprint density at radius 2 is 1.79 bits per heavy atom. The molecule has 0 fully saturated rings. The van der Waals surface area contributed by atoms with Crippen molar-refractivity contribution in [2.45, 2.75) is 41.0 Å². The van der Waals surface area contributed by atoms with Crippen LogP contribution in [0.5, 0.6) is 0 Å². The highest BCUT2D eigenvalue weighted by Crippen LogP contribution is 2.27. The highest BCUT2D eigenvalue weighted by molar-refractivity contribution is 5.71. The van der Waals surface area contributed by atoms with Crippen LogP contribution >= 0.6 is 0 Å². The van der Waals surface area contributed by atoms with Crippen LogP contribution in [-0.4, -0.2) is 24.2 Å². The summed E-state index contributed by atoms with van der Waals surface area (Å²) in [6.45, 7) is 11.6. The van der Waals surface area contributed by atoms with E-state index in [-0.39, 0.29) is 5.92 Å². The number of rotatable bonds is 6. The summed E-state index contributed by atoms with van der Waals surface area (Å²) < 4.78 is 0. The van der Waals surface area contributed by atoms with Crippen LogP contribution in [0.1, 0.15) is 37.0 Å². The number of benzene rings is 1. The number of nitrogens with zero attached hydrogens (tertiary/aromatic N) is 1. The van der Waals surface area contributed by atoms with Gasteiger partial charge in [0.05, 0.1) is 5.92 Å². The van der Waals surface area contributed by atoms with Crippen molar-refractivity contribution >= 4 is 11.7 Å². The second-order valence-electron chi connectivity index (χ2n) is 5.43. The number of hydrogen-bond acceptors (Lipinski definition) is 2. The SMILES string of the molecule is CCCN(CC(C)C(=O)O)c1c(C)cc(C)cc1C. The first-order valence-electron chi connectivity index (χ1n) is 6.92. The number of aryl methyl sites for hydroxylation is 3. The third kappa shape index (κ3) is 3.98. The van der Waals surface area contributed by atoms with Gasteiger partial charge in [0.1, 0.15) is 0 Å². The summed E-state index contributed by atoms with van der Waals surface area (Å²) in [5, 5.41) is 9.10. The maximum atomic E-state index is 11.1. The van der Waals surface area contributed by atoms with Gasteiger partial charge in [-0.1, -0.05) is 31.5 Å². The number of carboxylic acids is 1. The van der Waals surface area contributed by atoms with Gasteiger partial charge in [-0.05, 0) is 38.3 Å². The lowest BCUT2D eigenvalue weighted by molar-refractivity contribution is -0.140. The fourth-order valence-corrected chi connectivity index (χ4v) is 2.64. The van der Waals surface area contributed by atoms with Gasteiger partial charge < -0.3 is 10.0 Å². The number of carbonyl (C=O) groups is 1. The summed E-state index contributed by atoms with van der Waals surface area (Å²) >= 11 is 0. The third-order valence-electron chi connectivity index (χ3n) is 3.36. The van der Waals surface area contributed by atoms with E-state index in [0.29, 0.717) is 6.54 Å². The first-order chi connectivity index (χ1) is 8.86. The highest BCUT2D eigenvalue weighted by atomic mass is 16.4. The second-order valence-corrected chi connectivity index (χ2v) is 5.43. The van der Waals surface area contributed by atoms with Gasteiger partial charge in [0.2, 0.25) is 0 Å². The van der Waals surface area contributed by atoms with Crippen molar-refractivity contribution in [3.8, 4) is 0 Å². The van der Waals surface area contributed by atoms with E-state index in [9.17, 15) is 4.79 Å². The molecular formula is C16H25NO2. The molecule has 1 aromatic rings. The molecule has 0 aliphatic rings. The maximum Gasteiger partial charge on any atom is 0.308 e. The van der Waals surface area contributed by atoms with Gasteiger partial charge in [-0.15, -0.1) is 0 Å². The van der Waals surface area contributed by atoms with Gasteiger partial charge in [0.15, 0.2) is 0 Å². The van der Waals surface area contributed by atoms with E-state index < -0.39 is 5.97 Å². The van der Waals surface area contributed by atoms with Crippen LogP contribution in [0.3, 0.4) is 0 Å². The molecule has 1 aromatic carbocycles. The van der Waals surface area contributed by atoms with E-state index in [1.165, 1.54) is 22.4 Å². The Bertz CT molecular complexity index is 431. The zero-order valence-electron chi connectivity index (χ0n) is 12.7. The lowest BCUT2D eigenvalue weighted by atomic mass is 10.0. The molecule has 3 heteroatoms. The Labute approximate surface area is 116 Å². The zero-order chi connectivity index (χ0) is 14.6. The van der Waals surface area contributed by atoms with Gasteiger partial charge in [-0.2, -0.15) is 0 Å². The van der Waals surface area contributed by atoms with Crippen LogP contribution < -0.4 is 4.90 Å². The standard InChI is InChI=1S/C16H25NO2/c1-6-7-17(10-14(5)16(18)19)15-12(3)8-11(2)9-13(15)4/h8-9,14H,6-7,10H2,1-5H3,(H,18,19). The minimum atomic E-state index is -0.733. The molecular weight excluding hydrogens is 238 g/mol. The Morgan fingerprint density at radius 1 is 1.26 bits per heavy atom. The third-order valence-corrected chi connectivity index (χ3v) is 3.36.